The molecule has 0 spiro atoms. The second-order valence-corrected chi connectivity index (χ2v) is 8.71. The maximum atomic E-state index is 13.0. The third kappa shape index (κ3) is 3.87. The Bertz CT molecular complexity index is 1290. The summed E-state index contributed by atoms with van der Waals surface area (Å²) in [6, 6.07) is 13.0. The maximum Gasteiger partial charge on any atom is 0.257 e. The number of hydrogen-bond acceptors (Lipinski definition) is 6. The number of sulfonamides is 1. The Morgan fingerprint density at radius 2 is 1.86 bits per heavy atom. The highest BCUT2D eigenvalue weighted by molar-refractivity contribution is 7.89. The van der Waals surface area contributed by atoms with Crippen LogP contribution in [0.25, 0.3) is 22.4 Å². The summed E-state index contributed by atoms with van der Waals surface area (Å²) in [6.45, 7) is 3.54. The van der Waals surface area contributed by atoms with E-state index in [0.717, 1.165) is 5.56 Å². The fourth-order valence-corrected chi connectivity index (χ4v) is 4.52. The van der Waals surface area contributed by atoms with E-state index >= 15 is 0 Å². The van der Waals surface area contributed by atoms with Gasteiger partial charge in [-0.25, -0.2) is 13.1 Å². The fraction of sp³-hybridized carbons (Fsp3) is 0.150. The summed E-state index contributed by atoms with van der Waals surface area (Å²) in [5.74, 6) is 0.515. The monoisotopic (exact) mass is 428 g/mol. The quantitative estimate of drug-likeness (QED) is 0.509. The molecular weight excluding hydrogens is 412 g/mol. The molecule has 0 saturated heterocycles. The average molecular weight is 429 g/mol. The Morgan fingerprint density at radius 3 is 2.62 bits per heavy atom. The van der Waals surface area contributed by atoms with Gasteiger partial charge in [0.05, 0.1) is 16.5 Å². The Kier molecular flexibility index (Phi) is 5.08. The van der Waals surface area contributed by atoms with Gasteiger partial charge in [0, 0.05) is 22.2 Å². The number of benzene rings is 2. The predicted octanol–water partition coefficient (Wildman–Crippen LogP) is 4.29. The van der Waals surface area contributed by atoms with Crippen LogP contribution in [0.4, 0.5) is 0 Å². The van der Waals surface area contributed by atoms with Crippen molar-refractivity contribution >= 4 is 32.5 Å². The summed E-state index contributed by atoms with van der Waals surface area (Å²) in [4.78, 5) is 8.75. The Morgan fingerprint density at radius 1 is 1.10 bits per heavy atom. The lowest BCUT2D eigenvalue weighted by Gasteiger charge is -2.13. The van der Waals surface area contributed by atoms with Gasteiger partial charge >= 0.3 is 0 Å². The lowest BCUT2D eigenvalue weighted by Crippen LogP contribution is -2.27. The average Bonchev–Trinajstić information content (AvgIpc) is 3.19. The zero-order valence-electron chi connectivity index (χ0n) is 15.6. The van der Waals surface area contributed by atoms with Crippen molar-refractivity contribution in [1.82, 2.24) is 19.8 Å². The molecule has 1 atom stereocenters. The lowest BCUT2D eigenvalue weighted by atomic mass is 10.1. The van der Waals surface area contributed by atoms with Crippen molar-refractivity contribution in [2.24, 2.45) is 0 Å². The van der Waals surface area contributed by atoms with Crippen LogP contribution in [0, 0.1) is 6.92 Å². The van der Waals surface area contributed by atoms with Crippen molar-refractivity contribution in [2.75, 3.05) is 0 Å². The van der Waals surface area contributed by atoms with E-state index in [9.17, 15) is 8.42 Å². The second kappa shape index (κ2) is 7.55. The lowest BCUT2D eigenvalue weighted by molar-refractivity contribution is 0.415. The van der Waals surface area contributed by atoms with Gasteiger partial charge in [0.25, 0.3) is 5.89 Å². The molecule has 9 heteroatoms. The molecule has 2 heterocycles. The van der Waals surface area contributed by atoms with Crippen LogP contribution in [0.5, 0.6) is 0 Å². The number of nitrogens with one attached hydrogen (secondary N) is 1. The van der Waals surface area contributed by atoms with Gasteiger partial charge in [0.2, 0.25) is 10.0 Å². The molecule has 0 aliphatic rings. The molecule has 0 fully saturated rings. The van der Waals surface area contributed by atoms with Gasteiger partial charge in [0.1, 0.15) is 0 Å². The van der Waals surface area contributed by atoms with Gasteiger partial charge in [0.15, 0.2) is 5.82 Å². The normalized spacial score (nSPS) is 12.9. The first-order valence-electron chi connectivity index (χ1n) is 8.81. The van der Waals surface area contributed by atoms with Crippen molar-refractivity contribution in [2.45, 2.75) is 24.8 Å². The molecule has 0 saturated carbocycles. The molecule has 148 valence electrons. The van der Waals surface area contributed by atoms with Crippen LogP contribution in [0.1, 0.15) is 24.4 Å². The Balaban J connectivity index is 1.62. The van der Waals surface area contributed by atoms with Crippen molar-refractivity contribution in [3.63, 3.8) is 0 Å². The largest absolute Gasteiger partial charge is 0.334 e. The molecule has 4 rings (SSSR count). The summed E-state index contributed by atoms with van der Waals surface area (Å²) >= 11 is 5.89. The molecule has 4 aromatic rings. The highest BCUT2D eigenvalue weighted by Gasteiger charge is 2.24. The molecule has 0 amide bonds. The number of halogens is 1. The third-order valence-corrected chi connectivity index (χ3v) is 6.32. The van der Waals surface area contributed by atoms with E-state index in [0.29, 0.717) is 21.5 Å². The molecular formula is C20H17ClN4O3S. The Hall–Kier alpha value is -2.81. The van der Waals surface area contributed by atoms with Gasteiger partial charge in [-0.2, -0.15) is 4.98 Å². The van der Waals surface area contributed by atoms with E-state index < -0.39 is 16.1 Å². The molecule has 0 bridgehead atoms. The highest BCUT2D eigenvalue weighted by atomic mass is 35.5. The SMILES string of the molecule is Cc1ccc(S(=O)(=O)NC(C)c2noc(-c3ccc(Cl)cc3)n2)c2cccnc12. The second-order valence-electron chi connectivity index (χ2n) is 6.59. The minimum absolute atomic E-state index is 0.152. The maximum absolute atomic E-state index is 13.0. The van der Waals surface area contributed by atoms with E-state index in [1.807, 2.05) is 6.92 Å². The number of rotatable bonds is 5. The fourth-order valence-electron chi connectivity index (χ4n) is 2.99. The molecule has 1 N–H and O–H groups in total. The van der Waals surface area contributed by atoms with Crippen LogP contribution in [0.2, 0.25) is 5.02 Å². The van der Waals surface area contributed by atoms with Crippen molar-refractivity contribution in [1.29, 1.82) is 0 Å². The van der Waals surface area contributed by atoms with Crippen LogP contribution in [0.3, 0.4) is 0 Å². The van der Waals surface area contributed by atoms with Crippen molar-refractivity contribution < 1.29 is 12.9 Å². The van der Waals surface area contributed by atoms with Gasteiger partial charge in [-0.15, -0.1) is 0 Å². The molecule has 0 aliphatic heterocycles. The van der Waals surface area contributed by atoms with Gasteiger partial charge in [-0.1, -0.05) is 22.8 Å². The van der Waals surface area contributed by atoms with Gasteiger partial charge in [-0.05, 0) is 61.9 Å². The summed E-state index contributed by atoms with van der Waals surface area (Å²) < 4.78 is 33.9. The molecule has 1 unspecified atom stereocenters. The van der Waals surface area contributed by atoms with Crippen LogP contribution in [-0.4, -0.2) is 23.5 Å². The van der Waals surface area contributed by atoms with Gasteiger partial charge in [-0.3, -0.25) is 4.98 Å². The Labute approximate surface area is 172 Å². The predicted molar refractivity (Wildman–Crippen MR) is 110 cm³/mol. The van der Waals surface area contributed by atoms with Crippen LogP contribution < -0.4 is 4.72 Å². The summed E-state index contributed by atoms with van der Waals surface area (Å²) in [5.41, 5.74) is 2.24. The van der Waals surface area contributed by atoms with E-state index in [2.05, 4.69) is 19.8 Å². The van der Waals surface area contributed by atoms with Crippen LogP contribution in [-0.2, 0) is 10.0 Å². The standard InChI is InChI=1S/C20H17ClN4O3S/c1-12-5-10-17(16-4-3-11-22-18(12)16)29(26,27)25-13(2)19-23-20(28-24-19)14-6-8-15(21)9-7-14/h3-11,13,25H,1-2H3. The zero-order chi connectivity index (χ0) is 20.6. The van der Waals surface area contributed by atoms with E-state index in [1.54, 1.807) is 61.7 Å². The minimum atomic E-state index is -3.84. The summed E-state index contributed by atoms with van der Waals surface area (Å²) in [6.07, 6.45) is 1.64. The molecule has 0 radical (unpaired) electrons. The minimum Gasteiger partial charge on any atom is -0.334 e. The smallest absolute Gasteiger partial charge is 0.257 e. The van der Waals surface area contributed by atoms with Crippen molar-refractivity contribution in [3.8, 4) is 11.5 Å². The summed E-state index contributed by atoms with van der Waals surface area (Å²) in [7, 11) is -3.84. The first-order valence-corrected chi connectivity index (χ1v) is 10.7. The van der Waals surface area contributed by atoms with Gasteiger partial charge < -0.3 is 4.52 Å². The van der Waals surface area contributed by atoms with E-state index in [4.69, 9.17) is 16.1 Å². The number of hydrogen-bond donors (Lipinski definition) is 1. The molecule has 2 aromatic carbocycles. The van der Waals surface area contributed by atoms with Crippen LogP contribution >= 0.6 is 11.6 Å². The number of aryl methyl sites for hydroxylation is 1. The number of fused-ring (bicyclic) bond motifs is 1. The molecule has 7 nitrogen and oxygen atoms in total. The third-order valence-electron chi connectivity index (χ3n) is 4.47. The number of nitrogens with zero attached hydrogens (tertiary/aromatic N) is 3. The first kappa shape index (κ1) is 19.5. The topological polar surface area (TPSA) is 98.0 Å². The first-order chi connectivity index (χ1) is 13.8. The molecule has 2 aromatic heterocycles. The van der Waals surface area contributed by atoms with Crippen LogP contribution in [0.15, 0.2) is 64.1 Å². The summed E-state index contributed by atoms with van der Waals surface area (Å²) in [5, 5.41) is 5.06. The van der Waals surface area contributed by atoms with E-state index in [1.165, 1.54) is 0 Å². The number of aromatic nitrogens is 3. The van der Waals surface area contributed by atoms with Crippen molar-refractivity contribution in [3.05, 3.63) is 71.1 Å². The zero-order valence-corrected chi connectivity index (χ0v) is 17.2. The van der Waals surface area contributed by atoms with E-state index in [-0.39, 0.29) is 16.6 Å². The molecule has 29 heavy (non-hydrogen) atoms. The highest BCUT2D eigenvalue weighted by Crippen LogP contribution is 2.26. The molecule has 0 aliphatic carbocycles. The number of pyridine rings is 1.